The maximum atomic E-state index is 13.4. The van der Waals surface area contributed by atoms with Crippen molar-refractivity contribution in [2.75, 3.05) is 7.11 Å². The second kappa shape index (κ2) is 9.18. The lowest BCUT2D eigenvalue weighted by Crippen LogP contribution is -2.45. The molecule has 1 saturated carbocycles. The summed E-state index contributed by atoms with van der Waals surface area (Å²) in [6, 6.07) is 16.2. The van der Waals surface area contributed by atoms with Crippen molar-refractivity contribution in [1.29, 1.82) is 0 Å². The van der Waals surface area contributed by atoms with Gasteiger partial charge in [-0.2, -0.15) is 5.10 Å². The first-order chi connectivity index (χ1) is 15.5. The minimum absolute atomic E-state index is 0.178. The Hall–Kier alpha value is -3.74. The second-order valence-electron chi connectivity index (χ2n) is 7.99. The van der Waals surface area contributed by atoms with Crippen LogP contribution in [0.4, 0.5) is 0 Å². The third-order valence-electron chi connectivity index (χ3n) is 5.59. The summed E-state index contributed by atoms with van der Waals surface area (Å²) < 4.78 is 6.44. The van der Waals surface area contributed by atoms with E-state index in [9.17, 15) is 14.4 Å². The fraction of sp³-hybridized carbons (Fsp3) is 0.280. The lowest BCUT2D eigenvalue weighted by Gasteiger charge is -2.17. The van der Waals surface area contributed by atoms with Crippen LogP contribution < -0.4 is 5.32 Å². The van der Waals surface area contributed by atoms with Crippen LogP contribution in [0.25, 0.3) is 11.3 Å². The number of aromatic nitrogens is 2. The third-order valence-corrected chi connectivity index (χ3v) is 5.59. The quantitative estimate of drug-likeness (QED) is 0.437. The molecule has 1 aliphatic carbocycles. The van der Waals surface area contributed by atoms with Crippen molar-refractivity contribution in [1.82, 2.24) is 15.1 Å². The van der Waals surface area contributed by atoms with E-state index in [0.717, 1.165) is 36.6 Å². The maximum Gasteiger partial charge on any atom is 0.376 e. The van der Waals surface area contributed by atoms with Crippen molar-refractivity contribution in [2.45, 2.75) is 38.3 Å². The summed E-state index contributed by atoms with van der Waals surface area (Å²) in [6.07, 6.45) is 3.95. The highest BCUT2D eigenvalue weighted by Gasteiger charge is 2.32. The zero-order chi connectivity index (χ0) is 22.7. The number of Topliss-reactive ketones (excluding diaryl/α,β-unsaturated/α-hetero) is 1. The fourth-order valence-electron chi connectivity index (χ4n) is 3.66. The molecular weight excluding hydrogens is 406 g/mol. The molecule has 4 rings (SSSR count). The summed E-state index contributed by atoms with van der Waals surface area (Å²) in [4.78, 5) is 38.0. The normalized spacial score (nSPS) is 13.9. The first-order valence-electron chi connectivity index (χ1n) is 10.6. The molecule has 0 bridgehead atoms. The largest absolute Gasteiger partial charge is 0.463 e. The minimum atomic E-state index is -1.05. The van der Waals surface area contributed by atoms with Crippen molar-refractivity contribution in [3.8, 4) is 11.3 Å². The number of hydrogen-bond donors (Lipinski definition) is 1. The van der Waals surface area contributed by atoms with Crippen molar-refractivity contribution < 1.29 is 19.1 Å². The van der Waals surface area contributed by atoms with E-state index in [1.807, 2.05) is 66.2 Å². The van der Waals surface area contributed by atoms with Gasteiger partial charge in [0, 0.05) is 18.2 Å². The van der Waals surface area contributed by atoms with E-state index in [4.69, 9.17) is 5.10 Å². The highest BCUT2D eigenvalue weighted by molar-refractivity contribution is 6.36. The number of esters is 1. The molecule has 164 valence electrons. The molecule has 1 fully saturated rings. The lowest BCUT2D eigenvalue weighted by molar-refractivity contribution is -0.152. The van der Waals surface area contributed by atoms with Crippen LogP contribution in [-0.2, 0) is 20.7 Å². The van der Waals surface area contributed by atoms with Crippen LogP contribution in [0.1, 0.15) is 40.4 Å². The number of aryl methyl sites for hydroxylation is 1. The smallest absolute Gasteiger partial charge is 0.376 e. The summed E-state index contributed by atoms with van der Waals surface area (Å²) in [5.41, 5.74) is 3.62. The zero-order valence-corrected chi connectivity index (χ0v) is 18.1. The number of ether oxygens (including phenoxy) is 1. The summed E-state index contributed by atoms with van der Waals surface area (Å²) >= 11 is 0. The summed E-state index contributed by atoms with van der Waals surface area (Å²) in [6.45, 7) is 1.96. The van der Waals surface area contributed by atoms with Gasteiger partial charge in [-0.1, -0.05) is 54.6 Å². The van der Waals surface area contributed by atoms with Crippen molar-refractivity contribution in [3.63, 3.8) is 0 Å². The number of ketones is 1. The predicted molar refractivity (Wildman–Crippen MR) is 119 cm³/mol. The van der Waals surface area contributed by atoms with Gasteiger partial charge in [0.05, 0.1) is 18.7 Å². The highest BCUT2D eigenvalue weighted by Crippen LogP contribution is 2.36. The summed E-state index contributed by atoms with van der Waals surface area (Å²) in [7, 11) is 1.15. The molecule has 0 saturated heterocycles. The van der Waals surface area contributed by atoms with E-state index < -0.39 is 23.7 Å². The number of rotatable bonds is 8. The molecule has 1 amide bonds. The van der Waals surface area contributed by atoms with Crippen LogP contribution in [0.3, 0.4) is 0 Å². The number of nitrogens with one attached hydrogen (secondary N) is 1. The first-order valence-corrected chi connectivity index (χ1v) is 10.6. The maximum absolute atomic E-state index is 13.4. The number of methoxy groups -OCH3 is 1. The fourth-order valence-corrected chi connectivity index (χ4v) is 3.66. The minimum Gasteiger partial charge on any atom is -0.463 e. The Morgan fingerprint density at radius 3 is 2.44 bits per heavy atom. The number of carbonyl (C=O) groups is 3. The van der Waals surface area contributed by atoms with E-state index in [1.165, 1.54) is 0 Å². The predicted octanol–water partition coefficient (Wildman–Crippen LogP) is 3.28. The van der Waals surface area contributed by atoms with Crippen LogP contribution in [0, 0.1) is 6.92 Å². The molecule has 1 unspecified atom stereocenters. The van der Waals surface area contributed by atoms with E-state index in [1.54, 1.807) is 6.20 Å². The van der Waals surface area contributed by atoms with Gasteiger partial charge in [-0.15, -0.1) is 0 Å². The molecule has 0 aliphatic heterocycles. The van der Waals surface area contributed by atoms with Crippen molar-refractivity contribution in [3.05, 3.63) is 77.5 Å². The molecule has 1 aromatic heterocycles. The Kier molecular flexibility index (Phi) is 6.16. The molecule has 1 aliphatic rings. The Balaban J connectivity index is 1.66. The van der Waals surface area contributed by atoms with Gasteiger partial charge >= 0.3 is 5.97 Å². The number of amides is 1. The SMILES string of the molecule is COC(=O)C(=O)C(Cc1ccccc1)NC(=O)c1cn(C2CC2)nc1-c1ccccc1C. The van der Waals surface area contributed by atoms with Gasteiger partial charge in [0.2, 0.25) is 0 Å². The number of nitrogens with zero attached hydrogens (tertiary/aromatic N) is 2. The molecule has 3 aromatic rings. The third kappa shape index (κ3) is 4.61. The van der Waals surface area contributed by atoms with Gasteiger partial charge < -0.3 is 10.1 Å². The first kappa shape index (κ1) is 21.5. The average Bonchev–Trinajstić information content (AvgIpc) is 3.57. The Morgan fingerprint density at radius 2 is 1.78 bits per heavy atom. The van der Waals surface area contributed by atoms with Crippen LogP contribution in [-0.4, -0.2) is 40.6 Å². The Bertz CT molecular complexity index is 1150. The topological polar surface area (TPSA) is 90.3 Å². The molecule has 0 spiro atoms. The molecule has 0 radical (unpaired) electrons. The second-order valence-corrected chi connectivity index (χ2v) is 7.99. The zero-order valence-electron chi connectivity index (χ0n) is 18.1. The molecule has 7 heteroatoms. The Morgan fingerprint density at radius 1 is 1.09 bits per heavy atom. The lowest BCUT2D eigenvalue weighted by atomic mass is 10.00. The Labute approximate surface area is 186 Å². The molecule has 1 atom stereocenters. The van der Waals surface area contributed by atoms with Gasteiger partial charge in [0.1, 0.15) is 11.7 Å². The number of benzene rings is 2. The van der Waals surface area contributed by atoms with Gasteiger partial charge in [-0.25, -0.2) is 4.79 Å². The standard InChI is InChI=1S/C25H25N3O4/c1-16-8-6-7-11-19(16)22-20(15-28(27-22)18-12-13-18)24(30)26-21(23(29)25(31)32-2)14-17-9-4-3-5-10-17/h3-11,15,18,21H,12-14H2,1-2H3,(H,26,30). The van der Waals surface area contributed by atoms with E-state index in [0.29, 0.717) is 11.3 Å². The van der Waals surface area contributed by atoms with Crippen LogP contribution in [0.5, 0.6) is 0 Å². The van der Waals surface area contributed by atoms with Gasteiger partial charge in [0.25, 0.3) is 11.7 Å². The summed E-state index contributed by atoms with van der Waals surface area (Å²) in [5.74, 6) is -2.23. The number of carbonyl (C=O) groups excluding carboxylic acids is 3. The van der Waals surface area contributed by atoms with E-state index in [-0.39, 0.29) is 12.5 Å². The highest BCUT2D eigenvalue weighted by atomic mass is 16.5. The molecule has 1 N–H and O–H groups in total. The number of hydrogen-bond acceptors (Lipinski definition) is 5. The van der Waals surface area contributed by atoms with E-state index in [2.05, 4.69) is 10.1 Å². The van der Waals surface area contributed by atoms with Gasteiger partial charge in [-0.3, -0.25) is 14.3 Å². The molecule has 7 nitrogen and oxygen atoms in total. The monoisotopic (exact) mass is 431 g/mol. The van der Waals surface area contributed by atoms with Crippen LogP contribution in [0.2, 0.25) is 0 Å². The van der Waals surface area contributed by atoms with Crippen LogP contribution >= 0.6 is 0 Å². The summed E-state index contributed by atoms with van der Waals surface area (Å²) in [5, 5.41) is 7.45. The molecule has 32 heavy (non-hydrogen) atoms. The van der Waals surface area contributed by atoms with Gasteiger partial charge in [-0.05, 0) is 30.9 Å². The van der Waals surface area contributed by atoms with Gasteiger partial charge in [0.15, 0.2) is 0 Å². The molecule has 1 heterocycles. The average molecular weight is 431 g/mol. The van der Waals surface area contributed by atoms with Crippen molar-refractivity contribution in [2.24, 2.45) is 0 Å². The molecular formula is C25H25N3O4. The van der Waals surface area contributed by atoms with Crippen molar-refractivity contribution >= 4 is 17.7 Å². The van der Waals surface area contributed by atoms with E-state index >= 15 is 0 Å². The van der Waals surface area contributed by atoms with Crippen LogP contribution in [0.15, 0.2) is 60.8 Å². The molecule has 2 aromatic carbocycles.